The molecule has 0 aromatic carbocycles. The van der Waals surface area contributed by atoms with Crippen molar-refractivity contribution in [1.82, 2.24) is 9.97 Å². The summed E-state index contributed by atoms with van der Waals surface area (Å²) in [6, 6.07) is 0. The van der Waals surface area contributed by atoms with E-state index < -0.39 is 0 Å². The highest BCUT2D eigenvalue weighted by atomic mass is 16.5. The summed E-state index contributed by atoms with van der Waals surface area (Å²) in [6.45, 7) is 0.391. The van der Waals surface area contributed by atoms with E-state index in [-0.39, 0.29) is 16.8 Å². The second kappa shape index (κ2) is 4.32. The van der Waals surface area contributed by atoms with E-state index in [4.69, 9.17) is 10.5 Å². The maximum absolute atomic E-state index is 11.5. The van der Waals surface area contributed by atoms with Gasteiger partial charge in [0.05, 0.1) is 11.8 Å². The number of nitrogens with zero attached hydrogens (tertiary/aromatic N) is 1. The van der Waals surface area contributed by atoms with E-state index in [0.29, 0.717) is 12.4 Å². The maximum atomic E-state index is 11.5. The molecule has 1 aromatic heterocycles. The first-order valence-electron chi connectivity index (χ1n) is 7.59. The molecule has 5 nitrogen and oxygen atoms in total. The number of aromatic amines is 1. The van der Waals surface area contributed by atoms with E-state index in [0.717, 1.165) is 17.8 Å². The lowest BCUT2D eigenvalue weighted by molar-refractivity contribution is -0.170. The molecule has 0 atom stereocenters. The molecule has 0 saturated heterocycles. The van der Waals surface area contributed by atoms with Crippen LogP contribution >= 0.6 is 0 Å². The van der Waals surface area contributed by atoms with E-state index in [1.165, 1.54) is 44.7 Å². The maximum Gasteiger partial charge on any atom is 0.274 e. The van der Waals surface area contributed by atoms with Crippen LogP contribution in [0.3, 0.4) is 0 Å². The van der Waals surface area contributed by atoms with Crippen molar-refractivity contribution in [2.24, 2.45) is 17.8 Å². The van der Waals surface area contributed by atoms with E-state index >= 15 is 0 Å². The standard InChI is InChI=1S/C15H21N3O2/c16-12-7-17-13(18-14(12)19)8-20-15-4-9-1-10(5-15)3-11(2-9)6-15/h7,9-11H,1-6,8,16H2,(H,17,18,19). The normalized spacial score (nSPS) is 38.3. The molecule has 0 amide bonds. The Morgan fingerprint density at radius 2 is 1.85 bits per heavy atom. The SMILES string of the molecule is Nc1cnc(COC23CC4CC(CC(C4)C2)C3)[nH]c1=O. The van der Waals surface area contributed by atoms with E-state index in [9.17, 15) is 4.79 Å². The fourth-order valence-corrected chi connectivity index (χ4v) is 4.94. The molecule has 0 unspecified atom stereocenters. The van der Waals surface area contributed by atoms with Crippen molar-refractivity contribution < 1.29 is 4.74 Å². The minimum Gasteiger partial charge on any atom is -0.393 e. The molecule has 0 spiro atoms. The lowest BCUT2D eigenvalue weighted by Crippen LogP contribution is -2.51. The van der Waals surface area contributed by atoms with Gasteiger partial charge in [-0.3, -0.25) is 4.79 Å². The number of nitrogen functional groups attached to an aromatic ring is 1. The summed E-state index contributed by atoms with van der Waals surface area (Å²) in [6.07, 6.45) is 9.20. The monoisotopic (exact) mass is 275 g/mol. The average molecular weight is 275 g/mol. The Morgan fingerprint density at radius 3 is 2.40 bits per heavy atom. The molecular weight excluding hydrogens is 254 g/mol. The lowest BCUT2D eigenvalue weighted by atomic mass is 9.54. The molecule has 0 radical (unpaired) electrons. The average Bonchev–Trinajstić information content (AvgIpc) is 2.39. The number of hydrogen-bond acceptors (Lipinski definition) is 4. The predicted molar refractivity (Wildman–Crippen MR) is 75.0 cm³/mol. The van der Waals surface area contributed by atoms with Gasteiger partial charge in [-0.2, -0.15) is 0 Å². The quantitative estimate of drug-likeness (QED) is 0.882. The second-order valence-corrected chi connectivity index (χ2v) is 7.00. The fraction of sp³-hybridized carbons (Fsp3) is 0.733. The van der Waals surface area contributed by atoms with Crippen LogP contribution in [0.25, 0.3) is 0 Å². The van der Waals surface area contributed by atoms with Crippen molar-refractivity contribution in [1.29, 1.82) is 0 Å². The Morgan fingerprint density at radius 1 is 1.25 bits per heavy atom. The Bertz CT molecular complexity index is 545. The Balaban J connectivity index is 1.49. The van der Waals surface area contributed by atoms with Crippen LogP contribution in [0.1, 0.15) is 44.3 Å². The van der Waals surface area contributed by atoms with Gasteiger partial charge in [-0.1, -0.05) is 0 Å². The van der Waals surface area contributed by atoms with E-state index in [1.54, 1.807) is 0 Å². The van der Waals surface area contributed by atoms with Crippen molar-refractivity contribution in [3.05, 3.63) is 22.4 Å². The van der Waals surface area contributed by atoms with Crippen LogP contribution in [0.5, 0.6) is 0 Å². The van der Waals surface area contributed by atoms with Crippen LogP contribution in [-0.4, -0.2) is 15.6 Å². The number of nitrogens with two attached hydrogens (primary N) is 1. The first-order valence-corrected chi connectivity index (χ1v) is 7.59. The summed E-state index contributed by atoms with van der Waals surface area (Å²) in [4.78, 5) is 18.3. The topological polar surface area (TPSA) is 81.0 Å². The summed E-state index contributed by atoms with van der Waals surface area (Å²) >= 11 is 0. The molecule has 4 fully saturated rings. The summed E-state index contributed by atoms with van der Waals surface area (Å²) in [5.41, 5.74) is 5.42. The number of nitrogens with one attached hydrogen (secondary N) is 1. The zero-order valence-electron chi connectivity index (χ0n) is 11.6. The Kier molecular flexibility index (Phi) is 2.67. The smallest absolute Gasteiger partial charge is 0.274 e. The predicted octanol–water partition coefficient (Wildman–Crippen LogP) is 1.84. The third-order valence-corrected chi connectivity index (χ3v) is 5.38. The van der Waals surface area contributed by atoms with Gasteiger partial charge in [0.25, 0.3) is 5.56 Å². The Hall–Kier alpha value is -1.36. The van der Waals surface area contributed by atoms with Crippen LogP contribution in [-0.2, 0) is 11.3 Å². The molecule has 1 aromatic rings. The van der Waals surface area contributed by atoms with E-state index in [2.05, 4.69) is 9.97 Å². The number of H-pyrrole nitrogens is 1. The fourth-order valence-electron chi connectivity index (χ4n) is 4.94. The highest BCUT2D eigenvalue weighted by molar-refractivity contribution is 5.30. The molecule has 4 aliphatic rings. The first kappa shape index (κ1) is 12.4. The van der Waals surface area contributed by atoms with Crippen molar-refractivity contribution in [2.45, 2.75) is 50.7 Å². The van der Waals surface area contributed by atoms with Crippen molar-refractivity contribution in [2.75, 3.05) is 5.73 Å². The number of aromatic nitrogens is 2. The highest BCUT2D eigenvalue weighted by Gasteiger charge is 2.51. The lowest BCUT2D eigenvalue weighted by Gasteiger charge is -2.56. The third kappa shape index (κ3) is 2.04. The molecule has 4 saturated carbocycles. The third-order valence-electron chi connectivity index (χ3n) is 5.38. The molecular formula is C15H21N3O2. The van der Waals surface area contributed by atoms with Gasteiger partial charge in [0.15, 0.2) is 0 Å². The summed E-state index contributed by atoms with van der Waals surface area (Å²) in [5, 5.41) is 0. The first-order chi connectivity index (χ1) is 9.62. The van der Waals surface area contributed by atoms with Gasteiger partial charge < -0.3 is 15.5 Å². The van der Waals surface area contributed by atoms with Gasteiger partial charge in [-0.15, -0.1) is 0 Å². The zero-order valence-corrected chi connectivity index (χ0v) is 11.6. The molecule has 3 N–H and O–H groups in total. The highest BCUT2D eigenvalue weighted by Crippen LogP contribution is 2.57. The minimum atomic E-state index is -0.274. The molecule has 1 heterocycles. The number of anilines is 1. The van der Waals surface area contributed by atoms with Gasteiger partial charge in [0.2, 0.25) is 0 Å². The van der Waals surface area contributed by atoms with Crippen molar-refractivity contribution in [3.8, 4) is 0 Å². The van der Waals surface area contributed by atoms with Crippen LogP contribution in [0.15, 0.2) is 11.0 Å². The van der Waals surface area contributed by atoms with E-state index in [1.807, 2.05) is 0 Å². The van der Waals surface area contributed by atoms with Gasteiger partial charge in [0, 0.05) is 0 Å². The summed E-state index contributed by atoms with van der Waals surface area (Å²) in [5.74, 6) is 3.17. The second-order valence-electron chi connectivity index (χ2n) is 7.00. The molecule has 20 heavy (non-hydrogen) atoms. The molecule has 5 rings (SSSR count). The zero-order chi connectivity index (χ0) is 13.7. The van der Waals surface area contributed by atoms with Gasteiger partial charge in [-0.05, 0) is 56.3 Å². The number of hydrogen-bond donors (Lipinski definition) is 2. The number of ether oxygens (including phenoxy) is 1. The van der Waals surface area contributed by atoms with Crippen LogP contribution in [0, 0.1) is 17.8 Å². The summed E-state index contributed by atoms with van der Waals surface area (Å²) in [7, 11) is 0. The van der Waals surface area contributed by atoms with Gasteiger partial charge >= 0.3 is 0 Å². The van der Waals surface area contributed by atoms with Crippen LogP contribution in [0.2, 0.25) is 0 Å². The van der Waals surface area contributed by atoms with Gasteiger partial charge in [0.1, 0.15) is 18.1 Å². The summed E-state index contributed by atoms with van der Waals surface area (Å²) < 4.78 is 6.25. The molecule has 4 bridgehead atoms. The molecule has 4 aliphatic carbocycles. The molecule has 108 valence electrons. The molecule has 5 heteroatoms. The van der Waals surface area contributed by atoms with Crippen LogP contribution in [0.4, 0.5) is 5.69 Å². The Labute approximate surface area is 117 Å². The largest absolute Gasteiger partial charge is 0.393 e. The van der Waals surface area contributed by atoms with Crippen molar-refractivity contribution in [3.63, 3.8) is 0 Å². The van der Waals surface area contributed by atoms with Crippen LogP contribution < -0.4 is 11.3 Å². The minimum absolute atomic E-state index is 0.0503. The molecule has 0 aliphatic heterocycles. The number of rotatable bonds is 3. The van der Waals surface area contributed by atoms with Crippen molar-refractivity contribution >= 4 is 5.69 Å². The van der Waals surface area contributed by atoms with Gasteiger partial charge in [-0.25, -0.2) is 4.98 Å².